The van der Waals surface area contributed by atoms with Crippen molar-refractivity contribution in [2.75, 3.05) is 18.4 Å². The molecule has 0 aliphatic heterocycles. The minimum absolute atomic E-state index is 0.0543. The fourth-order valence-electron chi connectivity index (χ4n) is 2.38. The van der Waals surface area contributed by atoms with E-state index in [4.69, 9.17) is 23.2 Å². The summed E-state index contributed by atoms with van der Waals surface area (Å²) in [5.41, 5.74) is 1.74. The highest BCUT2D eigenvalue weighted by molar-refractivity contribution is 6.30. The van der Waals surface area contributed by atoms with Crippen LogP contribution in [-0.4, -0.2) is 29.8 Å². The van der Waals surface area contributed by atoms with Crippen LogP contribution in [-0.2, 0) is 16.0 Å². The molecule has 0 heterocycles. The maximum absolute atomic E-state index is 12.0. The fourth-order valence-corrected chi connectivity index (χ4v) is 2.72. The number of nitrogens with one attached hydrogen (secondary N) is 1. The van der Waals surface area contributed by atoms with Crippen molar-refractivity contribution < 1.29 is 9.59 Å². The first-order chi connectivity index (χ1) is 11.9. The van der Waals surface area contributed by atoms with E-state index in [1.165, 1.54) is 6.92 Å². The molecule has 2 aromatic carbocycles. The summed E-state index contributed by atoms with van der Waals surface area (Å²) in [6, 6.07) is 14.5. The van der Waals surface area contributed by atoms with Crippen LogP contribution in [0.3, 0.4) is 0 Å². The smallest absolute Gasteiger partial charge is 0.226 e. The highest BCUT2D eigenvalue weighted by Crippen LogP contribution is 2.14. The lowest BCUT2D eigenvalue weighted by molar-refractivity contribution is -0.129. The zero-order valence-electron chi connectivity index (χ0n) is 14.0. The summed E-state index contributed by atoms with van der Waals surface area (Å²) in [7, 11) is 0. The average Bonchev–Trinajstić information content (AvgIpc) is 2.56. The van der Waals surface area contributed by atoms with E-state index in [0.717, 1.165) is 5.56 Å². The number of rotatable bonds is 7. The Morgan fingerprint density at radius 3 is 2.36 bits per heavy atom. The average molecular weight is 379 g/mol. The quantitative estimate of drug-likeness (QED) is 0.775. The van der Waals surface area contributed by atoms with E-state index in [1.807, 2.05) is 24.3 Å². The molecule has 132 valence electrons. The zero-order chi connectivity index (χ0) is 18.2. The summed E-state index contributed by atoms with van der Waals surface area (Å²) in [6.45, 7) is 2.42. The highest BCUT2D eigenvalue weighted by atomic mass is 35.5. The second-order valence-electron chi connectivity index (χ2n) is 5.69. The number of nitrogens with zero attached hydrogens (tertiary/aromatic N) is 1. The van der Waals surface area contributed by atoms with Crippen LogP contribution in [0, 0.1) is 0 Å². The van der Waals surface area contributed by atoms with Gasteiger partial charge in [0.2, 0.25) is 11.8 Å². The van der Waals surface area contributed by atoms with E-state index in [2.05, 4.69) is 5.32 Å². The second kappa shape index (κ2) is 9.44. The monoisotopic (exact) mass is 378 g/mol. The van der Waals surface area contributed by atoms with Gasteiger partial charge in [0.25, 0.3) is 0 Å². The lowest BCUT2D eigenvalue weighted by Gasteiger charge is -2.21. The molecule has 0 aliphatic rings. The summed E-state index contributed by atoms with van der Waals surface area (Å²) in [5.74, 6) is -0.197. The van der Waals surface area contributed by atoms with E-state index >= 15 is 0 Å². The number of hydrogen-bond acceptors (Lipinski definition) is 2. The van der Waals surface area contributed by atoms with Crippen LogP contribution in [0.5, 0.6) is 0 Å². The first-order valence-corrected chi connectivity index (χ1v) is 8.75. The molecule has 0 aromatic heterocycles. The SMILES string of the molecule is CC(=O)N(CCC(=O)Nc1ccc(Cl)cc1)CCc1cccc(Cl)c1. The molecule has 2 aromatic rings. The Kier molecular flexibility index (Phi) is 7.29. The van der Waals surface area contributed by atoms with Gasteiger partial charge in [-0.05, 0) is 48.4 Å². The Morgan fingerprint density at radius 2 is 1.72 bits per heavy atom. The molecule has 0 unspecified atom stereocenters. The molecule has 0 aliphatic carbocycles. The molecular weight excluding hydrogens is 359 g/mol. The van der Waals surface area contributed by atoms with Crippen molar-refractivity contribution in [2.45, 2.75) is 19.8 Å². The van der Waals surface area contributed by atoms with Crippen LogP contribution in [0.25, 0.3) is 0 Å². The molecule has 4 nitrogen and oxygen atoms in total. The van der Waals surface area contributed by atoms with Gasteiger partial charge in [0, 0.05) is 42.2 Å². The first kappa shape index (κ1) is 19.3. The third-order valence-electron chi connectivity index (χ3n) is 3.74. The largest absolute Gasteiger partial charge is 0.342 e. The number of amides is 2. The Labute approximate surface area is 157 Å². The predicted octanol–water partition coefficient (Wildman–Crippen LogP) is 4.41. The van der Waals surface area contributed by atoms with E-state index in [0.29, 0.717) is 35.2 Å². The summed E-state index contributed by atoms with van der Waals surface area (Å²) < 4.78 is 0. The van der Waals surface area contributed by atoms with E-state index in [1.54, 1.807) is 29.2 Å². The minimum atomic E-state index is -0.142. The zero-order valence-corrected chi connectivity index (χ0v) is 15.5. The molecule has 0 spiro atoms. The molecule has 6 heteroatoms. The topological polar surface area (TPSA) is 49.4 Å². The Hall–Kier alpha value is -2.04. The summed E-state index contributed by atoms with van der Waals surface area (Å²) in [6.07, 6.45) is 0.927. The molecular formula is C19H20Cl2N2O2. The van der Waals surface area contributed by atoms with E-state index < -0.39 is 0 Å². The Bertz CT molecular complexity index is 732. The van der Waals surface area contributed by atoms with Gasteiger partial charge in [0.1, 0.15) is 0 Å². The molecule has 0 atom stereocenters. The normalized spacial score (nSPS) is 10.4. The number of carbonyl (C=O) groups is 2. The van der Waals surface area contributed by atoms with Gasteiger partial charge in [-0.25, -0.2) is 0 Å². The van der Waals surface area contributed by atoms with Crippen LogP contribution < -0.4 is 5.32 Å². The maximum atomic E-state index is 12.0. The lowest BCUT2D eigenvalue weighted by atomic mass is 10.1. The number of benzene rings is 2. The third-order valence-corrected chi connectivity index (χ3v) is 4.23. The maximum Gasteiger partial charge on any atom is 0.226 e. The van der Waals surface area contributed by atoms with Crippen LogP contribution in [0.2, 0.25) is 10.0 Å². The second-order valence-corrected chi connectivity index (χ2v) is 6.56. The van der Waals surface area contributed by atoms with E-state index in [-0.39, 0.29) is 18.2 Å². The van der Waals surface area contributed by atoms with Gasteiger partial charge in [-0.1, -0.05) is 35.3 Å². The summed E-state index contributed by atoms with van der Waals surface area (Å²) in [4.78, 5) is 25.5. The molecule has 0 saturated carbocycles. The molecule has 2 rings (SSSR count). The number of hydrogen-bond donors (Lipinski definition) is 1. The molecule has 0 bridgehead atoms. The highest BCUT2D eigenvalue weighted by Gasteiger charge is 2.11. The van der Waals surface area contributed by atoms with Crippen LogP contribution in [0.15, 0.2) is 48.5 Å². The van der Waals surface area contributed by atoms with Crippen molar-refractivity contribution in [3.8, 4) is 0 Å². The van der Waals surface area contributed by atoms with Crippen LogP contribution >= 0.6 is 23.2 Å². The number of anilines is 1. The van der Waals surface area contributed by atoms with Gasteiger partial charge in [0.05, 0.1) is 0 Å². The van der Waals surface area contributed by atoms with Crippen molar-refractivity contribution in [3.05, 3.63) is 64.1 Å². The van der Waals surface area contributed by atoms with Gasteiger partial charge >= 0.3 is 0 Å². The summed E-state index contributed by atoms with van der Waals surface area (Å²) in [5, 5.41) is 4.08. The fraction of sp³-hybridized carbons (Fsp3) is 0.263. The number of carbonyl (C=O) groups excluding carboxylic acids is 2. The van der Waals surface area contributed by atoms with Gasteiger partial charge in [-0.3, -0.25) is 9.59 Å². The molecule has 0 fully saturated rings. The Balaban J connectivity index is 1.83. The van der Waals surface area contributed by atoms with Crippen molar-refractivity contribution in [1.82, 2.24) is 4.90 Å². The first-order valence-electron chi connectivity index (χ1n) is 7.99. The minimum Gasteiger partial charge on any atom is -0.342 e. The Morgan fingerprint density at radius 1 is 1.00 bits per heavy atom. The number of halogens is 2. The van der Waals surface area contributed by atoms with Gasteiger partial charge in [-0.15, -0.1) is 0 Å². The van der Waals surface area contributed by atoms with Crippen LogP contribution in [0.4, 0.5) is 5.69 Å². The standard InChI is InChI=1S/C19H20Cl2N2O2/c1-14(24)23(11-9-15-3-2-4-17(21)13-15)12-10-19(25)22-18-7-5-16(20)6-8-18/h2-8,13H,9-12H2,1H3,(H,22,25). The third kappa shape index (κ3) is 6.77. The molecule has 0 radical (unpaired) electrons. The van der Waals surface area contributed by atoms with Gasteiger partial charge in [-0.2, -0.15) is 0 Å². The van der Waals surface area contributed by atoms with E-state index in [9.17, 15) is 9.59 Å². The molecule has 0 saturated heterocycles. The van der Waals surface area contributed by atoms with Gasteiger partial charge in [0.15, 0.2) is 0 Å². The van der Waals surface area contributed by atoms with Crippen molar-refractivity contribution in [2.24, 2.45) is 0 Å². The molecule has 1 N–H and O–H groups in total. The van der Waals surface area contributed by atoms with Crippen molar-refractivity contribution in [3.63, 3.8) is 0 Å². The molecule has 2 amide bonds. The van der Waals surface area contributed by atoms with Gasteiger partial charge < -0.3 is 10.2 Å². The predicted molar refractivity (Wildman–Crippen MR) is 102 cm³/mol. The van der Waals surface area contributed by atoms with Crippen molar-refractivity contribution >= 4 is 40.7 Å². The summed E-state index contributed by atoms with van der Waals surface area (Å²) >= 11 is 11.8. The lowest BCUT2D eigenvalue weighted by Crippen LogP contribution is -2.33. The van der Waals surface area contributed by atoms with Crippen LogP contribution in [0.1, 0.15) is 18.9 Å². The molecule has 25 heavy (non-hydrogen) atoms. The van der Waals surface area contributed by atoms with Crippen molar-refractivity contribution in [1.29, 1.82) is 0 Å².